The van der Waals surface area contributed by atoms with Crippen molar-refractivity contribution in [2.75, 3.05) is 0 Å². The first-order valence-corrected chi connectivity index (χ1v) is 13.5. The van der Waals surface area contributed by atoms with Crippen LogP contribution in [0.1, 0.15) is 0 Å². The van der Waals surface area contributed by atoms with Crippen LogP contribution in [-0.2, 0) is 0 Å². The Morgan fingerprint density at radius 3 is 1.29 bits per heavy atom. The fourth-order valence-corrected chi connectivity index (χ4v) is 5.91. The Bertz CT molecular complexity index is 2410. The van der Waals surface area contributed by atoms with Gasteiger partial charge in [-0.05, 0) is 6.07 Å². The minimum absolute atomic E-state index is 0. The first-order valence-electron chi connectivity index (χ1n) is 13.1. The number of benzene rings is 4. The zero-order chi connectivity index (χ0) is 27.1. The Hall–Kier alpha value is -4.83. The van der Waals surface area contributed by atoms with Crippen LogP contribution in [0.2, 0.25) is 5.02 Å². The first kappa shape index (κ1) is 24.9. The van der Waals surface area contributed by atoms with Crippen LogP contribution < -0.4 is 0 Å². The van der Waals surface area contributed by atoms with Crippen LogP contribution in [-0.4, -0.2) is 59.7 Å². The maximum atomic E-state index is 6.73. The number of H-pyrrole nitrogens is 2. The molecule has 4 aromatic carbocycles. The van der Waals surface area contributed by atoms with E-state index in [1.54, 1.807) is 0 Å². The van der Waals surface area contributed by atoms with Gasteiger partial charge in [-0.15, -0.1) is 0 Å². The Morgan fingerprint density at radius 2 is 0.786 bits per heavy atom. The average molecular weight is 622 g/mol. The van der Waals surface area contributed by atoms with Crippen LogP contribution in [0, 0.1) is 0 Å². The van der Waals surface area contributed by atoms with Crippen molar-refractivity contribution in [3.8, 4) is 45.6 Å². The Morgan fingerprint density at radius 1 is 0.405 bits per heavy atom. The van der Waals surface area contributed by atoms with Crippen molar-refractivity contribution < 1.29 is 0 Å². The number of aromatic nitrogens is 8. The molecule has 42 heavy (non-hydrogen) atoms. The fourth-order valence-electron chi connectivity index (χ4n) is 5.65. The van der Waals surface area contributed by atoms with Crippen molar-refractivity contribution in [1.29, 1.82) is 0 Å². The molecule has 0 saturated heterocycles. The Balaban J connectivity index is 0.00000267. The quantitative estimate of drug-likeness (QED) is 0.191. The Kier molecular flexibility index (Phi) is 5.55. The van der Waals surface area contributed by atoms with Crippen molar-refractivity contribution in [3.63, 3.8) is 0 Å². The van der Waals surface area contributed by atoms with E-state index < -0.39 is 0 Å². The molecule has 3 aromatic heterocycles. The van der Waals surface area contributed by atoms with Gasteiger partial charge in [-0.3, -0.25) is 0 Å². The fraction of sp³-hybridized carbons (Fsp3) is 0. The number of hydrogen-bond acceptors (Lipinski definition) is 6. The molecule has 198 valence electrons. The summed E-state index contributed by atoms with van der Waals surface area (Å²) in [6.07, 6.45) is 0. The van der Waals surface area contributed by atoms with Crippen molar-refractivity contribution in [2.45, 2.75) is 0 Å². The van der Waals surface area contributed by atoms with Gasteiger partial charge in [0, 0.05) is 43.8 Å². The number of aromatic amines is 2. The van der Waals surface area contributed by atoms with Gasteiger partial charge < -0.3 is 9.97 Å². The monoisotopic (exact) mass is 620 g/mol. The predicted octanol–water partition coefficient (Wildman–Crippen LogP) is 6.34. The molecule has 8 nitrogen and oxygen atoms in total. The van der Waals surface area contributed by atoms with Gasteiger partial charge in [0.1, 0.15) is 22.6 Å². The van der Waals surface area contributed by atoms with Gasteiger partial charge in [-0.1, -0.05) is 96.5 Å². The van der Waals surface area contributed by atoms with Crippen molar-refractivity contribution in [2.24, 2.45) is 0 Å². The molecule has 9 rings (SSSR count). The Labute approximate surface area is 256 Å². The second-order valence-electron chi connectivity index (χ2n) is 9.91. The third-order valence-corrected chi connectivity index (χ3v) is 7.84. The zero-order valence-corrected chi connectivity index (χ0v) is 22.0. The maximum absolute atomic E-state index is 6.73. The number of nitrogens with one attached hydrogen (secondary N) is 2. The molecule has 0 amide bonds. The molecule has 2 aliphatic heterocycles. The number of halogens is 1. The van der Waals surface area contributed by atoms with Crippen LogP contribution >= 0.6 is 11.6 Å². The zero-order valence-electron chi connectivity index (χ0n) is 21.2. The molecule has 8 bridgehead atoms. The minimum atomic E-state index is 0. The predicted molar refractivity (Wildman–Crippen MR) is 171 cm³/mol. The first-order chi connectivity index (χ1) is 20.2. The van der Waals surface area contributed by atoms with Gasteiger partial charge >= 0.3 is 19.8 Å². The number of fused-ring (bicyclic) bond motifs is 20. The molecule has 2 N–H and O–H groups in total. The SMILES string of the molecule is Clc1cccc2c3nc4nc(nc5[nH]c(nc6nc(nc([nH]3)c12)-c1ccccc1-6)c1ccccc51)-c1ccccc1-4.[GaH3]. The summed E-state index contributed by atoms with van der Waals surface area (Å²) in [6, 6.07) is 29.7. The van der Waals surface area contributed by atoms with Crippen LogP contribution in [0.15, 0.2) is 91.0 Å². The molecular weight excluding hydrogens is 602 g/mol. The molecule has 0 atom stereocenters. The molecule has 2 aliphatic rings. The number of nitrogens with zero attached hydrogens (tertiary/aromatic N) is 6. The van der Waals surface area contributed by atoms with Crippen molar-refractivity contribution in [3.05, 3.63) is 96.0 Å². The third kappa shape index (κ3) is 3.64. The molecule has 7 aromatic rings. The van der Waals surface area contributed by atoms with Crippen LogP contribution in [0.3, 0.4) is 0 Å². The molecular formula is C32H20ClGaN8. The summed E-state index contributed by atoms with van der Waals surface area (Å²) in [6.45, 7) is 0. The van der Waals surface area contributed by atoms with Gasteiger partial charge in [0.2, 0.25) is 0 Å². The van der Waals surface area contributed by atoms with E-state index in [2.05, 4.69) is 9.97 Å². The summed E-state index contributed by atoms with van der Waals surface area (Å²) in [5.41, 5.74) is 6.09. The van der Waals surface area contributed by atoms with Crippen LogP contribution in [0.5, 0.6) is 0 Å². The van der Waals surface area contributed by atoms with Crippen LogP contribution in [0.25, 0.3) is 89.7 Å². The molecule has 0 radical (unpaired) electrons. The molecule has 0 saturated carbocycles. The average Bonchev–Trinajstić information content (AvgIpc) is 3.73. The molecule has 10 heteroatoms. The second kappa shape index (κ2) is 9.35. The summed E-state index contributed by atoms with van der Waals surface area (Å²) < 4.78 is 0. The molecule has 5 heterocycles. The molecule has 0 fully saturated rings. The van der Waals surface area contributed by atoms with E-state index in [9.17, 15) is 0 Å². The van der Waals surface area contributed by atoms with Crippen LogP contribution in [0.4, 0.5) is 0 Å². The van der Waals surface area contributed by atoms with E-state index in [0.717, 1.165) is 43.8 Å². The number of rotatable bonds is 0. The van der Waals surface area contributed by atoms with E-state index in [1.165, 1.54) is 0 Å². The normalized spacial score (nSPS) is 11.7. The van der Waals surface area contributed by atoms with E-state index in [1.807, 2.05) is 91.0 Å². The van der Waals surface area contributed by atoms with E-state index in [0.29, 0.717) is 50.9 Å². The molecule has 0 spiro atoms. The molecule has 0 aliphatic carbocycles. The summed E-state index contributed by atoms with van der Waals surface area (Å²) >= 11 is 6.73. The summed E-state index contributed by atoms with van der Waals surface area (Å²) in [5.74, 6) is 2.24. The van der Waals surface area contributed by atoms with Gasteiger partial charge in [0.15, 0.2) is 23.3 Å². The van der Waals surface area contributed by atoms with E-state index >= 15 is 0 Å². The van der Waals surface area contributed by atoms with E-state index in [4.69, 9.17) is 41.5 Å². The second-order valence-corrected chi connectivity index (χ2v) is 10.3. The van der Waals surface area contributed by atoms with Crippen molar-refractivity contribution in [1.82, 2.24) is 39.9 Å². The van der Waals surface area contributed by atoms with Gasteiger partial charge in [-0.2, -0.15) is 0 Å². The van der Waals surface area contributed by atoms with Gasteiger partial charge in [-0.25, -0.2) is 29.9 Å². The van der Waals surface area contributed by atoms with Crippen molar-refractivity contribution >= 4 is 75.5 Å². The van der Waals surface area contributed by atoms with E-state index in [-0.39, 0.29) is 19.8 Å². The van der Waals surface area contributed by atoms with Gasteiger partial charge in [0.25, 0.3) is 0 Å². The summed E-state index contributed by atoms with van der Waals surface area (Å²) in [5, 5.41) is 4.05. The summed E-state index contributed by atoms with van der Waals surface area (Å²) in [7, 11) is 0. The number of hydrogen-bond donors (Lipinski definition) is 2. The standard InChI is InChI=1S/C32H17ClN8.Ga.3H/c33-23-15-7-14-22-24(23)32-40-30-21-13-6-5-12-20(21)28(38-30)36-26-17-9-2-1-8-16(17)25(34-26)35-27-18-10-3-4-11-19(18)29(37-27)39-31(22)41-32;;;;/h1-15H,(H2,34,35,36,37,38,39,40,41);;;;. The third-order valence-electron chi connectivity index (χ3n) is 7.53. The molecule has 0 unspecified atom stereocenters. The topological polar surface area (TPSA) is 109 Å². The summed E-state index contributed by atoms with van der Waals surface area (Å²) in [4.78, 5) is 36.6. The van der Waals surface area contributed by atoms with Gasteiger partial charge in [0.05, 0.1) is 5.02 Å².